The van der Waals surface area contributed by atoms with E-state index in [4.69, 9.17) is 5.11 Å². The van der Waals surface area contributed by atoms with Gasteiger partial charge in [0.25, 0.3) is 0 Å². The number of hydrogen-bond donors (Lipinski definition) is 3. The number of alkyl halides is 3. The van der Waals surface area contributed by atoms with Crippen molar-refractivity contribution >= 4 is 0 Å². The quantitative estimate of drug-likeness (QED) is 0.731. The smallest absolute Gasteiger partial charge is 0.396 e. The van der Waals surface area contributed by atoms with Crippen molar-refractivity contribution in [2.75, 3.05) is 13.2 Å². The summed E-state index contributed by atoms with van der Waals surface area (Å²) in [5.74, 6) is 0. The van der Waals surface area contributed by atoms with Crippen LogP contribution in [0.2, 0.25) is 0 Å². The summed E-state index contributed by atoms with van der Waals surface area (Å²) in [6, 6.07) is 4.80. The maximum absolute atomic E-state index is 12.8. The fourth-order valence-corrected chi connectivity index (χ4v) is 2.17. The minimum Gasteiger partial charge on any atom is -0.396 e. The van der Waals surface area contributed by atoms with Crippen LogP contribution in [0.4, 0.5) is 13.2 Å². The molecule has 3 N–H and O–H groups in total. The van der Waals surface area contributed by atoms with Crippen molar-refractivity contribution in [3.05, 3.63) is 47.3 Å². The Balaban J connectivity index is 2.03. The molecule has 0 fully saturated rings. The number of aromatic nitrogens is 3. The molecular formula is C14H17F3N4O. The first-order chi connectivity index (χ1) is 10.5. The molecule has 0 saturated carbocycles. The molecule has 120 valence electrons. The van der Waals surface area contributed by atoms with Gasteiger partial charge in [-0.25, -0.2) is 0 Å². The minimum atomic E-state index is -4.37. The lowest BCUT2D eigenvalue weighted by molar-refractivity contribution is -0.137. The van der Waals surface area contributed by atoms with Gasteiger partial charge in [-0.3, -0.25) is 0 Å². The molecule has 2 rings (SSSR count). The van der Waals surface area contributed by atoms with Crippen molar-refractivity contribution in [3.63, 3.8) is 0 Å². The van der Waals surface area contributed by atoms with Gasteiger partial charge in [-0.05, 0) is 24.1 Å². The number of H-pyrrole nitrogens is 1. The number of nitrogens with zero attached hydrogens (tertiary/aromatic N) is 2. The molecule has 0 aliphatic carbocycles. The van der Waals surface area contributed by atoms with Gasteiger partial charge in [0.05, 0.1) is 17.5 Å². The van der Waals surface area contributed by atoms with Gasteiger partial charge >= 0.3 is 6.18 Å². The predicted octanol–water partition coefficient (Wildman–Crippen LogP) is 2.08. The van der Waals surface area contributed by atoms with Gasteiger partial charge in [0.2, 0.25) is 0 Å². The van der Waals surface area contributed by atoms with E-state index in [9.17, 15) is 13.2 Å². The van der Waals surface area contributed by atoms with E-state index in [-0.39, 0.29) is 12.6 Å². The zero-order valence-electron chi connectivity index (χ0n) is 11.8. The molecule has 2 aromatic rings. The number of benzene rings is 1. The molecule has 0 radical (unpaired) electrons. The summed E-state index contributed by atoms with van der Waals surface area (Å²) >= 11 is 0. The van der Waals surface area contributed by atoms with E-state index < -0.39 is 11.7 Å². The van der Waals surface area contributed by atoms with Crippen LogP contribution in [-0.4, -0.2) is 33.7 Å². The first-order valence-corrected chi connectivity index (χ1v) is 6.86. The van der Waals surface area contributed by atoms with Crippen LogP contribution < -0.4 is 5.32 Å². The Kier molecular flexibility index (Phi) is 5.51. The number of aliphatic hydroxyl groups excluding tert-OH is 1. The van der Waals surface area contributed by atoms with Crippen molar-refractivity contribution in [1.29, 1.82) is 0 Å². The summed E-state index contributed by atoms with van der Waals surface area (Å²) in [4.78, 5) is 0. The van der Waals surface area contributed by atoms with E-state index >= 15 is 0 Å². The van der Waals surface area contributed by atoms with Crippen LogP contribution >= 0.6 is 0 Å². The second-order valence-corrected chi connectivity index (χ2v) is 4.85. The second kappa shape index (κ2) is 7.37. The van der Waals surface area contributed by atoms with Crippen LogP contribution in [0.1, 0.15) is 29.3 Å². The highest BCUT2D eigenvalue weighted by Gasteiger charge is 2.30. The molecule has 1 unspecified atom stereocenters. The summed E-state index contributed by atoms with van der Waals surface area (Å²) in [7, 11) is 0. The maximum Gasteiger partial charge on any atom is 0.416 e. The highest BCUT2D eigenvalue weighted by molar-refractivity contribution is 5.28. The SMILES string of the molecule is OCCC(NCCc1cn[nH]n1)c1cccc(C(F)(F)F)c1. The molecular weight excluding hydrogens is 297 g/mol. The highest BCUT2D eigenvalue weighted by atomic mass is 19.4. The van der Waals surface area contributed by atoms with Crippen LogP contribution in [0, 0.1) is 0 Å². The molecule has 1 aromatic carbocycles. The first-order valence-electron chi connectivity index (χ1n) is 6.86. The maximum atomic E-state index is 12.8. The Hall–Kier alpha value is -1.93. The lowest BCUT2D eigenvalue weighted by atomic mass is 10.0. The molecule has 5 nitrogen and oxygen atoms in total. The van der Waals surface area contributed by atoms with Crippen molar-refractivity contribution in [2.45, 2.75) is 25.1 Å². The molecule has 22 heavy (non-hydrogen) atoms. The third-order valence-electron chi connectivity index (χ3n) is 3.27. The Morgan fingerprint density at radius 2 is 2.14 bits per heavy atom. The van der Waals surface area contributed by atoms with Crippen molar-refractivity contribution in [1.82, 2.24) is 20.7 Å². The third-order valence-corrected chi connectivity index (χ3v) is 3.27. The summed E-state index contributed by atoms with van der Waals surface area (Å²) in [5.41, 5.74) is 0.578. The number of aliphatic hydroxyl groups is 1. The molecule has 8 heteroatoms. The largest absolute Gasteiger partial charge is 0.416 e. The Labute approximate surface area is 125 Å². The predicted molar refractivity (Wildman–Crippen MR) is 74.0 cm³/mol. The second-order valence-electron chi connectivity index (χ2n) is 4.85. The normalized spacial score (nSPS) is 13.3. The van der Waals surface area contributed by atoms with Crippen LogP contribution in [-0.2, 0) is 12.6 Å². The molecule has 0 aliphatic rings. The van der Waals surface area contributed by atoms with E-state index in [1.54, 1.807) is 12.3 Å². The molecule has 0 bridgehead atoms. The molecule has 1 atom stereocenters. The average Bonchev–Trinajstić information content (AvgIpc) is 2.99. The summed E-state index contributed by atoms with van der Waals surface area (Å²) < 4.78 is 38.3. The van der Waals surface area contributed by atoms with Crippen molar-refractivity contribution in [2.24, 2.45) is 0 Å². The number of rotatable bonds is 7. The molecule has 0 spiro atoms. The molecule has 0 amide bonds. The summed E-state index contributed by atoms with van der Waals surface area (Å²) in [5, 5.41) is 22.3. The van der Waals surface area contributed by atoms with E-state index in [0.29, 0.717) is 24.9 Å². The van der Waals surface area contributed by atoms with Crippen LogP contribution in [0.5, 0.6) is 0 Å². The Morgan fingerprint density at radius 1 is 1.32 bits per heavy atom. The Bertz CT molecular complexity index is 572. The van der Waals surface area contributed by atoms with Gasteiger partial charge in [0.15, 0.2) is 0 Å². The molecule has 0 saturated heterocycles. The number of nitrogens with one attached hydrogen (secondary N) is 2. The van der Waals surface area contributed by atoms with Crippen LogP contribution in [0.15, 0.2) is 30.5 Å². The lowest BCUT2D eigenvalue weighted by Crippen LogP contribution is -2.25. The zero-order chi connectivity index (χ0) is 16.0. The van der Waals surface area contributed by atoms with Gasteiger partial charge in [-0.2, -0.15) is 28.6 Å². The van der Waals surface area contributed by atoms with Crippen molar-refractivity contribution in [3.8, 4) is 0 Å². The topological polar surface area (TPSA) is 73.8 Å². The number of hydrogen-bond acceptors (Lipinski definition) is 4. The van der Waals surface area contributed by atoms with Gasteiger partial charge in [0, 0.05) is 25.6 Å². The third kappa shape index (κ3) is 4.54. The van der Waals surface area contributed by atoms with Gasteiger partial charge < -0.3 is 10.4 Å². The van der Waals surface area contributed by atoms with Crippen LogP contribution in [0.25, 0.3) is 0 Å². The van der Waals surface area contributed by atoms with Crippen LogP contribution in [0.3, 0.4) is 0 Å². The minimum absolute atomic E-state index is 0.113. The summed E-state index contributed by atoms with van der Waals surface area (Å²) in [6.07, 6.45) is -1.86. The van der Waals surface area contributed by atoms with Gasteiger partial charge in [0.1, 0.15) is 0 Å². The first kappa shape index (κ1) is 16.4. The number of halogens is 3. The molecule has 1 heterocycles. The average molecular weight is 314 g/mol. The molecule has 1 aromatic heterocycles. The fraction of sp³-hybridized carbons (Fsp3) is 0.429. The monoisotopic (exact) mass is 314 g/mol. The Morgan fingerprint density at radius 3 is 2.77 bits per heavy atom. The lowest BCUT2D eigenvalue weighted by Gasteiger charge is -2.19. The van der Waals surface area contributed by atoms with Gasteiger partial charge in [-0.15, -0.1) is 0 Å². The van der Waals surface area contributed by atoms with E-state index in [1.165, 1.54) is 6.07 Å². The van der Waals surface area contributed by atoms with E-state index in [1.807, 2.05) is 0 Å². The molecule has 0 aliphatic heterocycles. The van der Waals surface area contributed by atoms with Crippen molar-refractivity contribution < 1.29 is 18.3 Å². The number of aromatic amines is 1. The van der Waals surface area contributed by atoms with E-state index in [0.717, 1.165) is 17.8 Å². The van der Waals surface area contributed by atoms with Gasteiger partial charge in [-0.1, -0.05) is 12.1 Å². The highest BCUT2D eigenvalue weighted by Crippen LogP contribution is 2.31. The van der Waals surface area contributed by atoms with E-state index in [2.05, 4.69) is 20.7 Å². The zero-order valence-corrected chi connectivity index (χ0v) is 11.8. The summed E-state index contributed by atoms with van der Waals surface area (Å²) in [6.45, 7) is 0.408. The standard InChI is InChI=1S/C14H17F3N4O/c15-14(16,17)11-3-1-2-10(8-11)13(5-7-22)18-6-4-12-9-19-21-20-12/h1-3,8-9,13,18,22H,4-7H2,(H,19,20,21). The fourth-order valence-electron chi connectivity index (χ4n) is 2.17.